The molecule has 0 spiro atoms. The Balaban J connectivity index is 1.45. The van der Waals surface area contributed by atoms with E-state index in [2.05, 4.69) is 16.4 Å². The summed E-state index contributed by atoms with van der Waals surface area (Å²) >= 11 is 5.84. The molecule has 0 aromatic heterocycles. The van der Waals surface area contributed by atoms with Gasteiger partial charge in [0, 0.05) is 24.2 Å². The number of carbonyl (C=O) groups is 2. The Morgan fingerprint density at radius 2 is 1.60 bits per heavy atom. The summed E-state index contributed by atoms with van der Waals surface area (Å²) in [5, 5.41) is 0.699. The van der Waals surface area contributed by atoms with Crippen molar-refractivity contribution in [3.05, 3.63) is 70.2 Å². The second-order valence-corrected chi connectivity index (χ2v) is 6.35. The summed E-state index contributed by atoms with van der Waals surface area (Å²) in [6.07, 6.45) is 0. The van der Waals surface area contributed by atoms with E-state index in [9.17, 15) is 9.59 Å². The minimum atomic E-state index is -0.247. The smallest absolute Gasteiger partial charge is 0.261 e. The zero-order valence-corrected chi connectivity index (χ0v) is 14.5. The molecule has 2 amide bonds. The summed E-state index contributed by atoms with van der Waals surface area (Å²) in [6, 6.07) is 14.3. The van der Waals surface area contributed by atoms with E-state index in [4.69, 9.17) is 11.6 Å². The second-order valence-electron chi connectivity index (χ2n) is 5.92. The van der Waals surface area contributed by atoms with E-state index >= 15 is 0 Å². The molecule has 0 saturated carbocycles. The van der Waals surface area contributed by atoms with Crippen LogP contribution in [0.25, 0.3) is 0 Å². The number of rotatable bonds is 7. The molecule has 1 aliphatic heterocycles. The number of carbonyl (C=O) groups excluding carboxylic acids is 2. The van der Waals surface area contributed by atoms with Crippen LogP contribution in [0.5, 0.6) is 0 Å². The van der Waals surface area contributed by atoms with Gasteiger partial charge in [0.25, 0.3) is 11.8 Å². The van der Waals surface area contributed by atoms with Crippen LogP contribution < -0.4 is 16.4 Å². The van der Waals surface area contributed by atoms with Crippen molar-refractivity contribution < 1.29 is 9.59 Å². The van der Waals surface area contributed by atoms with Gasteiger partial charge >= 0.3 is 0 Å². The van der Waals surface area contributed by atoms with Gasteiger partial charge in [0.15, 0.2) is 0 Å². The van der Waals surface area contributed by atoms with Crippen LogP contribution in [0, 0.1) is 0 Å². The first-order valence-corrected chi connectivity index (χ1v) is 8.37. The molecule has 0 bridgehead atoms. The summed E-state index contributed by atoms with van der Waals surface area (Å²) in [4.78, 5) is 25.9. The Morgan fingerprint density at radius 3 is 2.20 bits per heavy atom. The van der Waals surface area contributed by atoms with E-state index < -0.39 is 0 Å². The second kappa shape index (κ2) is 7.76. The van der Waals surface area contributed by atoms with E-state index in [1.165, 1.54) is 4.90 Å². The van der Waals surface area contributed by atoms with E-state index in [0.29, 0.717) is 22.7 Å². The molecule has 0 radical (unpaired) electrons. The van der Waals surface area contributed by atoms with Crippen LogP contribution in [0.3, 0.4) is 0 Å². The molecule has 1 heterocycles. The highest BCUT2D eigenvalue weighted by Gasteiger charge is 2.35. The molecule has 6 nitrogen and oxygen atoms in total. The summed E-state index contributed by atoms with van der Waals surface area (Å²) in [5.41, 5.74) is 10.9. The van der Waals surface area contributed by atoms with Crippen LogP contribution in [-0.2, 0) is 6.54 Å². The average Bonchev–Trinajstić information content (AvgIpc) is 2.86. The van der Waals surface area contributed by atoms with Gasteiger partial charge in [0.2, 0.25) is 0 Å². The zero-order valence-electron chi connectivity index (χ0n) is 13.8. The average molecular weight is 359 g/mol. The molecular weight excluding hydrogens is 340 g/mol. The number of hydrazine groups is 2. The molecule has 2 aromatic carbocycles. The van der Waals surface area contributed by atoms with Crippen molar-refractivity contribution in [2.24, 2.45) is 0 Å². The third-order valence-electron chi connectivity index (χ3n) is 3.95. The van der Waals surface area contributed by atoms with Gasteiger partial charge in [-0.25, -0.2) is 10.9 Å². The molecule has 1 aliphatic rings. The number of nitrogens with one attached hydrogen (secondary N) is 3. The predicted molar refractivity (Wildman–Crippen MR) is 95.8 cm³/mol. The third-order valence-corrected chi connectivity index (χ3v) is 4.20. The number of amides is 2. The quantitative estimate of drug-likeness (QED) is 0.402. The van der Waals surface area contributed by atoms with Crippen molar-refractivity contribution in [1.29, 1.82) is 0 Å². The van der Waals surface area contributed by atoms with Crippen LogP contribution in [0.15, 0.2) is 48.5 Å². The van der Waals surface area contributed by atoms with Gasteiger partial charge in [0.05, 0.1) is 11.1 Å². The van der Waals surface area contributed by atoms with Crippen LogP contribution in [0.2, 0.25) is 5.02 Å². The Kier molecular flexibility index (Phi) is 5.45. The normalized spacial score (nSPS) is 14.7. The molecule has 0 saturated heterocycles. The molecule has 25 heavy (non-hydrogen) atoms. The van der Waals surface area contributed by atoms with E-state index in [1.54, 1.807) is 24.3 Å². The van der Waals surface area contributed by atoms with Crippen molar-refractivity contribution in [2.75, 3.05) is 6.54 Å². The maximum atomic E-state index is 12.3. The predicted octanol–water partition coefficient (Wildman–Crippen LogP) is 2.12. The lowest BCUT2D eigenvalue weighted by molar-refractivity contribution is 0.0637. The highest BCUT2D eigenvalue weighted by molar-refractivity contribution is 6.30. The van der Waals surface area contributed by atoms with Crippen molar-refractivity contribution in [1.82, 2.24) is 21.3 Å². The Hall–Kier alpha value is -2.25. The number of hydrogen-bond acceptors (Lipinski definition) is 5. The first-order chi connectivity index (χ1) is 12.1. The lowest BCUT2D eigenvalue weighted by atomic mass is 10.1. The lowest BCUT2D eigenvalue weighted by Crippen LogP contribution is -2.51. The fraction of sp³-hybridized carbons (Fsp3) is 0.222. The van der Waals surface area contributed by atoms with Crippen molar-refractivity contribution >= 4 is 23.4 Å². The Labute approximate surface area is 151 Å². The summed E-state index contributed by atoms with van der Waals surface area (Å²) in [7, 11) is 0. The first-order valence-electron chi connectivity index (χ1n) is 7.99. The molecule has 3 rings (SSSR count). The molecular formula is C18H19ClN4O2. The number of fused-ring (bicyclic) bond motifs is 1. The molecule has 2 aromatic rings. The summed E-state index contributed by atoms with van der Waals surface area (Å²) in [6.45, 7) is 2.77. The standard InChI is InChI=1S/C18H19ClN4O2/c1-12(21-22-20-10-13-6-8-14(19)9-7-13)11-23-17(24)15-4-2-3-5-16(15)18(23)25/h2-9,12,20-22H,10-11H2,1H3. The minimum absolute atomic E-state index is 0.125. The summed E-state index contributed by atoms with van der Waals surface area (Å²) in [5.74, 6) is -0.494. The highest BCUT2D eigenvalue weighted by atomic mass is 35.5. The number of imide groups is 1. The SMILES string of the molecule is CC(CN1C(=O)c2ccccc2C1=O)NNNCc1ccc(Cl)cc1. The van der Waals surface area contributed by atoms with E-state index in [0.717, 1.165) is 5.56 Å². The van der Waals surface area contributed by atoms with Crippen molar-refractivity contribution in [3.63, 3.8) is 0 Å². The number of benzene rings is 2. The number of halogens is 1. The zero-order chi connectivity index (χ0) is 17.8. The first kappa shape index (κ1) is 17.6. The molecule has 130 valence electrons. The molecule has 0 fully saturated rings. The summed E-state index contributed by atoms with van der Waals surface area (Å²) < 4.78 is 0. The van der Waals surface area contributed by atoms with Gasteiger partial charge in [-0.1, -0.05) is 35.9 Å². The van der Waals surface area contributed by atoms with Gasteiger partial charge in [-0.05, 0) is 36.8 Å². The Bertz CT molecular complexity index is 744. The number of hydrogen-bond donors (Lipinski definition) is 3. The van der Waals surface area contributed by atoms with Crippen LogP contribution >= 0.6 is 11.6 Å². The third kappa shape index (κ3) is 4.05. The molecule has 1 atom stereocenters. The molecule has 7 heteroatoms. The van der Waals surface area contributed by atoms with Crippen molar-refractivity contribution in [2.45, 2.75) is 19.5 Å². The van der Waals surface area contributed by atoms with Gasteiger partial charge in [0.1, 0.15) is 0 Å². The van der Waals surface area contributed by atoms with E-state index in [1.807, 2.05) is 31.2 Å². The van der Waals surface area contributed by atoms with Gasteiger partial charge in [-0.15, -0.1) is 0 Å². The fourth-order valence-electron chi connectivity index (χ4n) is 2.65. The van der Waals surface area contributed by atoms with Crippen LogP contribution in [0.1, 0.15) is 33.2 Å². The monoisotopic (exact) mass is 358 g/mol. The number of nitrogens with zero attached hydrogens (tertiary/aromatic N) is 1. The maximum absolute atomic E-state index is 12.3. The van der Waals surface area contributed by atoms with Crippen LogP contribution in [0.4, 0.5) is 0 Å². The van der Waals surface area contributed by atoms with Crippen LogP contribution in [-0.4, -0.2) is 29.3 Å². The molecule has 0 aliphatic carbocycles. The van der Waals surface area contributed by atoms with Crippen molar-refractivity contribution in [3.8, 4) is 0 Å². The maximum Gasteiger partial charge on any atom is 0.261 e. The van der Waals surface area contributed by atoms with E-state index in [-0.39, 0.29) is 24.4 Å². The minimum Gasteiger partial charge on any atom is -0.273 e. The molecule has 1 unspecified atom stereocenters. The van der Waals surface area contributed by atoms with Gasteiger partial charge < -0.3 is 0 Å². The van der Waals surface area contributed by atoms with Gasteiger partial charge in [-0.3, -0.25) is 14.5 Å². The lowest BCUT2D eigenvalue weighted by Gasteiger charge is -2.21. The topological polar surface area (TPSA) is 73.5 Å². The molecule has 3 N–H and O–H groups in total. The van der Waals surface area contributed by atoms with Gasteiger partial charge in [-0.2, -0.15) is 5.53 Å². The highest BCUT2D eigenvalue weighted by Crippen LogP contribution is 2.22. The fourth-order valence-corrected chi connectivity index (χ4v) is 2.77. The Morgan fingerprint density at radius 1 is 1.00 bits per heavy atom. The largest absolute Gasteiger partial charge is 0.273 e.